The summed E-state index contributed by atoms with van der Waals surface area (Å²) < 4.78 is 0. The second kappa shape index (κ2) is 15.7. The van der Waals surface area contributed by atoms with E-state index in [9.17, 15) is 0 Å². The molecule has 0 fully saturated rings. The standard InChI is InChI=1S/C3H7.CH2O3.Na/c1-3-2;2-1(3)4;/h1,3H2,2H3;(H2,2,3,4);/q-1;;+1. The van der Waals surface area contributed by atoms with Crippen LogP contribution in [0.5, 0.6) is 0 Å². The maximum Gasteiger partial charge on any atom is 1.00 e. The fraction of sp³-hybridized carbons (Fsp3) is 0.500. The Morgan fingerprint density at radius 3 is 1.62 bits per heavy atom. The molecule has 0 saturated carbocycles. The summed E-state index contributed by atoms with van der Waals surface area (Å²) in [6, 6.07) is 0. The molecule has 44 valence electrons. The quantitative estimate of drug-likeness (QED) is 0.307. The molecule has 0 aliphatic rings. The summed E-state index contributed by atoms with van der Waals surface area (Å²) in [5.41, 5.74) is 0. The zero-order chi connectivity index (χ0) is 6.28. The number of carboxylic acid groups (broad SMARTS) is 2. The van der Waals surface area contributed by atoms with Crippen molar-refractivity contribution in [3.63, 3.8) is 0 Å². The molecule has 0 aromatic carbocycles. The van der Waals surface area contributed by atoms with Gasteiger partial charge < -0.3 is 17.1 Å². The van der Waals surface area contributed by atoms with Gasteiger partial charge in [-0.15, -0.1) is 0 Å². The third-order valence-corrected chi connectivity index (χ3v) is 0. The molecule has 0 unspecified atom stereocenters. The van der Waals surface area contributed by atoms with E-state index in [-0.39, 0.29) is 29.6 Å². The topological polar surface area (TPSA) is 57.5 Å². The van der Waals surface area contributed by atoms with E-state index < -0.39 is 6.16 Å². The molecule has 4 heteroatoms. The van der Waals surface area contributed by atoms with Gasteiger partial charge in [-0.3, -0.25) is 0 Å². The molecular formula is C4H9NaO3. The first-order valence-corrected chi connectivity index (χ1v) is 1.86. The van der Waals surface area contributed by atoms with Crippen molar-refractivity contribution in [3.05, 3.63) is 6.92 Å². The minimum Gasteiger partial charge on any atom is -0.450 e. The van der Waals surface area contributed by atoms with Gasteiger partial charge in [0.05, 0.1) is 0 Å². The smallest absolute Gasteiger partial charge is 0.450 e. The molecule has 0 saturated heterocycles. The number of hydrogen-bond acceptors (Lipinski definition) is 1. The maximum absolute atomic E-state index is 8.56. The van der Waals surface area contributed by atoms with E-state index in [0.29, 0.717) is 0 Å². The Morgan fingerprint density at radius 1 is 1.62 bits per heavy atom. The summed E-state index contributed by atoms with van der Waals surface area (Å²) in [6.45, 7) is 5.50. The molecule has 0 spiro atoms. The average molecular weight is 128 g/mol. The molecule has 0 amide bonds. The predicted molar refractivity (Wildman–Crippen MR) is 26.3 cm³/mol. The van der Waals surface area contributed by atoms with Crippen molar-refractivity contribution < 1.29 is 44.6 Å². The normalized spacial score (nSPS) is 5.25. The molecule has 0 heterocycles. The van der Waals surface area contributed by atoms with Gasteiger partial charge in [-0.25, -0.2) is 4.79 Å². The van der Waals surface area contributed by atoms with Gasteiger partial charge in [-0.1, -0.05) is 6.92 Å². The van der Waals surface area contributed by atoms with E-state index in [1.54, 1.807) is 0 Å². The second-order valence-corrected chi connectivity index (χ2v) is 0.783. The van der Waals surface area contributed by atoms with Gasteiger partial charge in [-0.05, 0) is 0 Å². The SMILES string of the molecule is O=C(O)O.[CH2-]CC.[Na+]. The van der Waals surface area contributed by atoms with Gasteiger partial charge in [0, 0.05) is 0 Å². The van der Waals surface area contributed by atoms with Crippen molar-refractivity contribution >= 4 is 6.16 Å². The van der Waals surface area contributed by atoms with Crippen LogP contribution < -0.4 is 29.6 Å². The van der Waals surface area contributed by atoms with Crippen molar-refractivity contribution in [3.8, 4) is 0 Å². The van der Waals surface area contributed by atoms with E-state index >= 15 is 0 Å². The monoisotopic (exact) mass is 128 g/mol. The van der Waals surface area contributed by atoms with Crippen LogP contribution in [0.4, 0.5) is 4.79 Å². The molecular weight excluding hydrogens is 119 g/mol. The van der Waals surface area contributed by atoms with Crippen molar-refractivity contribution in [2.24, 2.45) is 0 Å². The molecule has 0 aromatic rings. The molecule has 0 radical (unpaired) electrons. The third-order valence-electron chi connectivity index (χ3n) is 0. The fourth-order valence-electron chi connectivity index (χ4n) is 0. The van der Waals surface area contributed by atoms with Gasteiger partial charge in [0.1, 0.15) is 0 Å². The molecule has 0 atom stereocenters. The number of rotatable bonds is 0. The maximum atomic E-state index is 8.56. The Hall–Kier alpha value is 0.270. The first-order valence-electron chi connectivity index (χ1n) is 1.86. The Balaban J connectivity index is -0.0000000575. The van der Waals surface area contributed by atoms with Crippen LogP contribution in [-0.4, -0.2) is 16.4 Å². The van der Waals surface area contributed by atoms with Gasteiger partial charge in [0.25, 0.3) is 0 Å². The molecule has 0 bridgehead atoms. The summed E-state index contributed by atoms with van der Waals surface area (Å²) in [7, 11) is 0. The van der Waals surface area contributed by atoms with Crippen LogP contribution in [0.2, 0.25) is 0 Å². The van der Waals surface area contributed by atoms with E-state index in [1.165, 1.54) is 0 Å². The first kappa shape index (κ1) is 15.7. The fourth-order valence-corrected chi connectivity index (χ4v) is 0. The van der Waals surface area contributed by atoms with E-state index in [2.05, 4.69) is 6.92 Å². The second-order valence-electron chi connectivity index (χ2n) is 0.783. The van der Waals surface area contributed by atoms with E-state index in [0.717, 1.165) is 6.42 Å². The van der Waals surface area contributed by atoms with Crippen LogP contribution in [0, 0.1) is 6.92 Å². The van der Waals surface area contributed by atoms with Crippen molar-refractivity contribution in [2.45, 2.75) is 13.3 Å². The van der Waals surface area contributed by atoms with Crippen LogP contribution in [0.25, 0.3) is 0 Å². The van der Waals surface area contributed by atoms with Crippen LogP contribution >= 0.6 is 0 Å². The van der Waals surface area contributed by atoms with Gasteiger partial charge in [0.15, 0.2) is 0 Å². The van der Waals surface area contributed by atoms with Crippen LogP contribution in [0.1, 0.15) is 13.3 Å². The Kier molecular flexibility index (Phi) is 30.8. The van der Waals surface area contributed by atoms with Gasteiger partial charge in [0.2, 0.25) is 0 Å². The van der Waals surface area contributed by atoms with Gasteiger partial charge in [-0.2, -0.15) is 6.42 Å². The third kappa shape index (κ3) is 2390. The summed E-state index contributed by atoms with van der Waals surface area (Å²) in [5.74, 6) is 0. The zero-order valence-electron chi connectivity index (χ0n) is 5.22. The van der Waals surface area contributed by atoms with Crippen LogP contribution in [0.15, 0.2) is 0 Å². The molecule has 2 N–H and O–H groups in total. The minimum atomic E-state index is -1.83. The molecule has 8 heavy (non-hydrogen) atoms. The minimum absolute atomic E-state index is 0. The average Bonchev–Trinajstić information content (AvgIpc) is 1.33. The number of carbonyl (C=O) groups is 1. The summed E-state index contributed by atoms with van der Waals surface area (Å²) in [4.78, 5) is 8.56. The van der Waals surface area contributed by atoms with Crippen molar-refractivity contribution in [2.75, 3.05) is 0 Å². The van der Waals surface area contributed by atoms with Crippen LogP contribution in [-0.2, 0) is 0 Å². The summed E-state index contributed by atoms with van der Waals surface area (Å²) in [5, 5.41) is 13.9. The van der Waals surface area contributed by atoms with Crippen molar-refractivity contribution in [1.29, 1.82) is 0 Å². The molecule has 0 rings (SSSR count). The van der Waals surface area contributed by atoms with E-state index in [1.807, 2.05) is 6.92 Å². The van der Waals surface area contributed by atoms with Crippen molar-refractivity contribution in [1.82, 2.24) is 0 Å². The Labute approximate surface area is 71.0 Å². The Morgan fingerprint density at radius 2 is 1.62 bits per heavy atom. The largest absolute Gasteiger partial charge is 1.00 e. The molecule has 0 aromatic heterocycles. The zero-order valence-corrected chi connectivity index (χ0v) is 7.22. The van der Waals surface area contributed by atoms with E-state index in [4.69, 9.17) is 15.0 Å². The van der Waals surface area contributed by atoms with Gasteiger partial charge >= 0.3 is 35.7 Å². The molecule has 0 aliphatic carbocycles. The predicted octanol–water partition coefficient (Wildman–Crippen LogP) is -1.54. The molecule has 3 nitrogen and oxygen atoms in total. The number of hydrogen-bond donors (Lipinski definition) is 2. The summed E-state index contributed by atoms with van der Waals surface area (Å²) >= 11 is 0. The Bertz CT molecular complexity index is 42.5. The first-order chi connectivity index (χ1) is 3.15. The van der Waals surface area contributed by atoms with Crippen LogP contribution in [0.3, 0.4) is 0 Å². The molecule has 0 aliphatic heterocycles. The summed E-state index contributed by atoms with van der Waals surface area (Å²) in [6.07, 6.45) is -0.833.